The van der Waals surface area contributed by atoms with Crippen LogP contribution in [0, 0.1) is 40.7 Å². The van der Waals surface area contributed by atoms with E-state index in [-0.39, 0.29) is 35.7 Å². The first-order chi connectivity index (χ1) is 23.7. The molecule has 260 valence electrons. The number of alkyl halides is 2. The Morgan fingerprint density at radius 2 is 1.90 bits per heavy atom. The average molecular weight is 688 g/mol. The van der Waals surface area contributed by atoms with E-state index in [9.17, 15) is 27.5 Å². The van der Waals surface area contributed by atoms with Gasteiger partial charge in [-0.3, -0.25) is 14.9 Å². The summed E-state index contributed by atoms with van der Waals surface area (Å²) in [5.74, 6) is 4.11. The summed E-state index contributed by atoms with van der Waals surface area (Å²) in [4.78, 5) is 18.5. The van der Waals surface area contributed by atoms with E-state index in [2.05, 4.69) is 27.6 Å². The second-order valence-corrected chi connectivity index (χ2v) is 13.4. The molecule has 0 aliphatic heterocycles. The maximum atomic E-state index is 14.4. The molecule has 50 heavy (non-hydrogen) atoms. The molecule has 2 aromatic carbocycles. The molecular formula is C37H37F4N7O2. The van der Waals surface area contributed by atoms with E-state index in [1.807, 2.05) is 12.1 Å². The normalized spacial score (nSPS) is 17.6. The summed E-state index contributed by atoms with van der Waals surface area (Å²) >= 11 is 0. The number of anilines is 1. The molecule has 2 aromatic heterocycles. The molecule has 1 amide bonds. The molecule has 6 rings (SSSR count). The summed E-state index contributed by atoms with van der Waals surface area (Å²) < 4.78 is 57.5. The molecule has 13 heteroatoms. The molecule has 1 fully saturated rings. The molecule has 2 heterocycles. The van der Waals surface area contributed by atoms with E-state index in [0.29, 0.717) is 51.6 Å². The van der Waals surface area contributed by atoms with Gasteiger partial charge < -0.3 is 21.5 Å². The molecule has 6 N–H and O–H groups in total. The SMILES string of the molecule is Cn1nc(N)c2cccc(-c3ccc(C#CC(C)(C)O)nc3C(Cc3cc(F)cc(F)c3)NC(=O)CNC3=C(C(=N)C(F)F)CCC4CC34)c21. The van der Waals surface area contributed by atoms with Gasteiger partial charge >= 0.3 is 0 Å². The number of nitrogens with one attached hydrogen (secondary N) is 3. The van der Waals surface area contributed by atoms with Gasteiger partial charge in [0.05, 0.1) is 23.8 Å². The standard InChI is InChI=1S/C37H37F4N7O2/c1-37(2,50)12-11-23-8-10-24(25-5-4-6-27-34(25)48(3)47-36(27)43)33(45-23)29(15-19-13-21(38)17-22(39)14-19)46-30(49)18-44-32-26(31(42)35(40)41)9-7-20-16-28(20)32/h4-6,8,10,13-14,17,20,28-29,35,42,44,50H,7,9,15-16,18H2,1-3H3,(H2,43,47)(H,46,49). The van der Waals surface area contributed by atoms with Crippen molar-refractivity contribution in [1.82, 2.24) is 25.4 Å². The number of nitrogens with zero attached hydrogens (tertiary/aromatic N) is 3. The average Bonchev–Trinajstić information content (AvgIpc) is 3.78. The van der Waals surface area contributed by atoms with Gasteiger partial charge in [-0.2, -0.15) is 5.10 Å². The predicted molar refractivity (Wildman–Crippen MR) is 182 cm³/mol. The summed E-state index contributed by atoms with van der Waals surface area (Å²) in [6.45, 7) is 2.75. The molecule has 0 radical (unpaired) electrons. The molecule has 0 bridgehead atoms. The van der Waals surface area contributed by atoms with E-state index in [0.717, 1.165) is 18.9 Å². The number of nitrogen functional groups attached to an aromatic ring is 1. The summed E-state index contributed by atoms with van der Waals surface area (Å²) in [6.07, 6.45) is -1.17. The van der Waals surface area contributed by atoms with Gasteiger partial charge in [-0.05, 0) is 92.8 Å². The second kappa shape index (κ2) is 13.6. The molecule has 0 saturated heterocycles. The van der Waals surface area contributed by atoms with Crippen LogP contribution in [-0.4, -0.2) is 50.1 Å². The van der Waals surface area contributed by atoms with Gasteiger partial charge in [0.15, 0.2) is 5.82 Å². The summed E-state index contributed by atoms with van der Waals surface area (Å²) in [7, 11) is 1.74. The van der Waals surface area contributed by atoms with Crippen LogP contribution in [0.4, 0.5) is 23.4 Å². The number of allylic oxidation sites excluding steroid dienone is 2. The summed E-state index contributed by atoms with van der Waals surface area (Å²) in [5.41, 5.74) is 7.60. The van der Waals surface area contributed by atoms with E-state index in [4.69, 9.17) is 16.1 Å². The first-order valence-corrected chi connectivity index (χ1v) is 16.2. The van der Waals surface area contributed by atoms with Gasteiger partial charge in [0, 0.05) is 41.2 Å². The fraction of sp³-hybridized carbons (Fsp3) is 0.351. The molecule has 9 nitrogen and oxygen atoms in total. The number of benzene rings is 2. The van der Waals surface area contributed by atoms with Gasteiger partial charge in [0.25, 0.3) is 6.43 Å². The van der Waals surface area contributed by atoms with Crippen LogP contribution >= 0.6 is 0 Å². The first kappa shape index (κ1) is 34.6. The van der Waals surface area contributed by atoms with Crippen LogP contribution in [0.3, 0.4) is 0 Å². The van der Waals surface area contributed by atoms with Gasteiger partial charge in [-0.1, -0.05) is 18.1 Å². The molecule has 3 atom stereocenters. The number of pyridine rings is 1. The summed E-state index contributed by atoms with van der Waals surface area (Å²) in [5, 5.41) is 29.3. The maximum absolute atomic E-state index is 14.4. The Morgan fingerprint density at radius 3 is 2.60 bits per heavy atom. The quantitative estimate of drug-likeness (QED) is 0.0838. The molecule has 3 unspecified atom stereocenters. The number of nitrogens with two attached hydrogens (primary N) is 1. The Labute approximate surface area is 286 Å². The number of aliphatic hydroxyl groups is 1. The third kappa shape index (κ3) is 7.50. The highest BCUT2D eigenvalue weighted by Crippen LogP contribution is 2.51. The zero-order valence-electron chi connectivity index (χ0n) is 27.8. The molecular weight excluding hydrogens is 650 g/mol. The lowest BCUT2D eigenvalue weighted by Gasteiger charge is -2.24. The lowest BCUT2D eigenvalue weighted by atomic mass is 9.92. The van der Waals surface area contributed by atoms with Crippen LogP contribution in [-0.2, 0) is 18.3 Å². The van der Waals surface area contributed by atoms with Crippen molar-refractivity contribution in [2.45, 2.75) is 57.6 Å². The monoisotopic (exact) mass is 687 g/mol. The molecule has 1 saturated carbocycles. The highest BCUT2D eigenvalue weighted by molar-refractivity contribution is 6.01. The zero-order valence-corrected chi connectivity index (χ0v) is 27.8. The largest absolute Gasteiger partial charge is 0.382 e. The molecule has 2 aliphatic carbocycles. The Hall–Kier alpha value is -5.22. The zero-order chi connectivity index (χ0) is 35.9. The van der Waals surface area contributed by atoms with Crippen molar-refractivity contribution in [3.05, 3.63) is 88.4 Å². The van der Waals surface area contributed by atoms with E-state index < -0.39 is 41.3 Å². The number of aromatic nitrogens is 3. The van der Waals surface area contributed by atoms with Gasteiger partial charge in [0.1, 0.15) is 28.6 Å². The number of hydrogen-bond donors (Lipinski definition) is 5. The van der Waals surface area contributed by atoms with Crippen molar-refractivity contribution in [3.8, 4) is 23.0 Å². The number of aryl methyl sites for hydroxylation is 1. The lowest BCUT2D eigenvalue weighted by molar-refractivity contribution is -0.120. The molecule has 2 aliphatic rings. The Balaban J connectivity index is 1.43. The number of carbonyl (C=O) groups excluding carboxylic acids is 1. The fourth-order valence-corrected chi connectivity index (χ4v) is 6.70. The number of halogens is 4. The van der Waals surface area contributed by atoms with Crippen molar-refractivity contribution in [1.29, 1.82) is 5.41 Å². The number of hydrogen-bond acceptors (Lipinski definition) is 7. The molecule has 4 aromatic rings. The van der Waals surface area contributed by atoms with Crippen LogP contribution < -0.4 is 16.4 Å². The second-order valence-electron chi connectivity index (χ2n) is 13.4. The number of para-hydroxylation sites is 1. The summed E-state index contributed by atoms with van der Waals surface area (Å²) in [6, 6.07) is 11.0. The van der Waals surface area contributed by atoms with Gasteiger partial charge in [-0.25, -0.2) is 22.5 Å². The lowest BCUT2D eigenvalue weighted by Crippen LogP contribution is -2.39. The Bertz CT molecular complexity index is 2070. The third-order valence-corrected chi connectivity index (χ3v) is 9.00. The minimum Gasteiger partial charge on any atom is -0.382 e. The van der Waals surface area contributed by atoms with Crippen molar-refractivity contribution in [3.63, 3.8) is 0 Å². The maximum Gasteiger partial charge on any atom is 0.280 e. The van der Waals surface area contributed by atoms with Gasteiger partial charge in [0.2, 0.25) is 5.91 Å². The number of rotatable bonds is 10. The topological polar surface area (TPSA) is 142 Å². The van der Waals surface area contributed by atoms with Crippen LogP contribution in [0.15, 0.2) is 59.8 Å². The first-order valence-electron chi connectivity index (χ1n) is 16.2. The highest BCUT2D eigenvalue weighted by atomic mass is 19.3. The van der Waals surface area contributed by atoms with Crippen LogP contribution in [0.1, 0.15) is 56.1 Å². The minimum absolute atomic E-state index is 0.0113. The number of carbonyl (C=O) groups is 1. The number of fused-ring (bicyclic) bond motifs is 2. The Morgan fingerprint density at radius 1 is 1.16 bits per heavy atom. The van der Waals surface area contributed by atoms with Crippen molar-refractivity contribution in [2.75, 3.05) is 12.3 Å². The van der Waals surface area contributed by atoms with Crippen molar-refractivity contribution >= 4 is 28.3 Å². The van der Waals surface area contributed by atoms with Gasteiger partial charge in [-0.15, -0.1) is 0 Å². The van der Waals surface area contributed by atoms with Crippen molar-refractivity contribution in [2.24, 2.45) is 18.9 Å². The minimum atomic E-state index is -2.93. The Kier molecular flexibility index (Phi) is 9.41. The molecule has 0 spiro atoms. The predicted octanol–water partition coefficient (Wildman–Crippen LogP) is 5.58. The highest BCUT2D eigenvalue weighted by Gasteiger charge is 2.45. The number of amides is 1. The van der Waals surface area contributed by atoms with Crippen LogP contribution in [0.5, 0.6) is 0 Å². The smallest absolute Gasteiger partial charge is 0.280 e. The van der Waals surface area contributed by atoms with E-state index >= 15 is 0 Å². The third-order valence-electron chi connectivity index (χ3n) is 9.00. The fourth-order valence-electron chi connectivity index (χ4n) is 6.70. The van der Waals surface area contributed by atoms with E-state index in [1.54, 1.807) is 29.9 Å². The van der Waals surface area contributed by atoms with E-state index in [1.165, 1.54) is 26.0 Å². The van der Waals surface area contributed by atoms with Crippen LogP contribution in [0.25, 0.3) is 22.0 Å². The van der Waals surface area contributed by atoms with Crippen LogP contribution in [0.2, 0.25) is 0 Å². The van der Waals surface area contributed by atoms with Crippen molar-refractivity contribution < 1.29 is 27.5 Å².